The van der Waals surface area contributed by atoms with E-state index < -0.39 is 11.9 Å². The van der Waals surface area contributed by atoms with E-state index in [1.54, 1.807) is 0 Å². The summed E-state index contributed by atoms with van der Waals surface area (Å²) in [6.45, 7) is 4.00. The number of aryl methyl sites for hydroxylation is 2. The molecule has 0 bridgehead atoms. The number of carbonyl (C=O) groups is 2. The smallest absolute Gasteiger partial charge is 0.318 e. The van der Waals surface area contributed by atoms with Gasteiger partial charge in [-0.25, -0.2) is 4.79 Å². The second kappa shape index (κ2) is 7.08. The van der Waals surface area contributed by atoms with Gasteiger partial charge in [0.05, 0.1) is 0 Å². The van der Waals surface area contributed by atoms with Gasteiger partial charge in [0, 0.05) is 17.7 Å². The summed E-state index contributed by atoms with van der Waals surface area (Å²) in [5, 5.41) is 10.3. The van der Waals surface area contributed by atoms with Gasteiger partial charge < -0.3 is 10.2 Å². The number of primary amides is 1. The molecule has 0 radical (unpaired) electrons. The zero-order chi connectivity index (χ0) is 16.1. The standard InChI is InChI=1S/C14H16N4O3S/c1-8-3-4-10(9(2)7-8)12-17-18-14(21-12)22-6-5-11(19)16-13(15)20/h3-4,7H,5-6H2,1-2H3,(H3,15,16,19,20). The molecule has 0 fully saturated rings. The largest absolute Gasteiger partial charge is 0.411 e. The van der Waals surface area contributed by atoms with Crippen molar-refractivity contribution in [1.29, 1.82) is 0 Å². The Hall–Kier alpha value is -2.35. The topological polar surface area (TPSA) is 111 Å². The molecule has 1 heterocycles. The maximum Gasteiger partial charge on any atom is 0.318 e. The van der Waals surface area contributed by atoms with Crippen LogP contribution >= 0.6 is 11.8 Å². The fourth-order valence-corrected chi connectivity index (χ4v) is 2.56. The lowest BCUT2D eigenvalue weighted by molar-refractivity contribution is -0.119. The van der Waals surface area contributed by atoms with Crippen molar-refractivity contribution >= 4 is 23.7 Å². The van der Waals surface area contributed by atoms with E-state index in [0.29, 0.717) is 16.9 Å². The third-order valence-electron chi connectivity index (χ3n) is 2.84. The molecule has 0 spiro atoms. The van der Waals surface area contributed by atoms with E-state index in [4.69, 9.17) is 10.2 Å². The molecule has 0 unspecified atom stereocenters. The number of imide groups is 1. The van der Waals surface area contributed by atoms with Crippen LogP contribution in [0.2, 0.25) is 0 Å². The summed E-state index contributed by atoms with van der Waals surface area (Å²) in [7, 11) is 0. The zero-order valence-corrected chi connectivity index (χ0v) is 13.1. The van der Waals surface area contributed by atoms with Gasteiger partial charge in [0.25, 0.3) is 5.22 Å². The number of rotatable bonds is 5. The lowest BCUT2D eigenvalue weighted by Crippen LogP contribution is -2.35. The first-order valence-corrected chi connectivity index (χ1v) is 7.57. The number of benzene rings is 1. The van der Waals surface area contributed by atoms with Crippen molar-refractivity contribution in [3.8, 4) is 11.5 Å². The molecule has 0 saturated carbocycles. The van der Waals surface area contributed by atoms with Crippen molar-refractivity contribution in [3.63, 3.8) is 0 Å². The molecule has 2 rings (SSSR count). The molecule has 116 valence electrons. The van der Waals surface area contributed by atoms with Crippen molar-refractivity contribution < 1.29 is 14.0 Å². The number of nitrogens with two attached hydrogens (primary N) is 1. The summed E-state index contributed by atoms with van der Waals surface area (Å²) >= 11 is 1.25. The Morgan fingerprint density at radius 3 is 2.77 bits per heavy atom. The van der Waals surface area contributed by atoms with Gasteiger partial charge in [-0.3, -0.25) is 10.1 Å². The van der Waals surface area contributed by atoms with Gasteiger partial charge in [0.1, 0.15) is 0 Å². The number of aromatic nitrogens is 2. The highest BCUT2D eigenvalue weighted by atomic mass is 32.2. The van der Waals surface area contributed by atoms with Crippen LogP contribution in [0.4, 0.5) is 4.79 Å². The monoisotopic (exact) mass is 320 g/mol. The van der Waals surface area contributed by atoms with Crippen molar-refractivity contribution in [1.82, 2.24) is 15.5 Å². The Morgan fingerprint density at radius 1 is 1.32 bits per heavy atom. The van der Waals surface area contributed by atoms with E-state index in [1.165, 1.54) is 11.8 Å². The summed E-state index contributed by atoms with van der Waals surface area (Å²) in [6, 6.07) is 5.10. The summed E-state index contributed by atoms with van der Waals surface area (Å²) in [4.78, 5) is 21.8. The Balaban J connectivity index is 1.94. The molecule has 0 aliphatic carbocycles. The first-order chi connectivity index (χ1) is 10.5. The first-order valence-electron chi connectivity index (χ1n) is 6.59. The van der Waals surface area contributed by atoms with Crippen LogP contribution in [-0.4, -0.2) is 27.9 Å². The highest BCUT2D eigenvalue weighted by Crippen LogP contribution is 2.26. The average Bonchev–Trinajstić information content (AvgIpc) is 2.86. The molecular formula is C14H16N4O3S. The lowest BCUT2D eigenvalue weighted by atomic mass is 10.1. The van der Waals surface area contributed by atoms with E-state index in [1.807, 2.05) is 37.4 Å². The minimum atomic E-state index is -0.857. The molecule has 3 N–H and O–H groups in total. The number of hydrogen-bond acceptors (Lipinski definition) is 6. The van der Waals surface area contributed by atoms with Crippen LogP contribution in [0.25, 0.3) is 11.5 Å². The number of nitrogens with zero attached hydrogens (tertiary/aromatic N) is 2. The van der Waals surface area contributed by atoms with Crippen LogP contribution in [0.5, 0.6) is 0 Å². The van der Waals surface area contributed by atoms with Crippen molar-refractivity contribution in [2.24, 2.45) is 5.73 Å². The van der Waals surface area contributed by atoms with Gasteiger partial charge in [-0.15, -0.1) is 10.2 Å². The number of nitrogens with one attached hydrogen (secondary N) is 1. The lowest BCUT2D eigenvalue weighted by Gasteiger charge is -2.01. The Bertz CT molecular complexity index is 699. The molecule has 8 heteroatoms. The van der Waals surface area contributed by atoms with E-state index >= 15 is 0 Å². The van der Waals surface area contributed by atoms with Crippen LogP contribution in [0.3, 0.4) is 0 Å². The molecule has 22 heavy (non-hydrogen) atoms. The number of urea groups is 1. The summed E-state index contributed by atoms with van der Waals surface area (Å²) in [6.07, 6.45) is 0.134. The Labute approximate surface area is 131 Å². The Kier molecular flexibility index (Phi) is 5.16. The molecule has 0 aliphatic heterocycles. The van der Waals surface area contributed by atoms with Gasteiger partial charge in [-0.2, -0.15) is 0 Å². The first kappa shape index (κ1) is 16.0. The molecule has 2 aromatic rings. The van der Waals surface area contributed by atoms with Crippen LogP contribution in [0.1, 0.15) is 17.5 Å². The zero-order valence-electron chi connectivity index (χ0n) is 12.3. The van der Waals surface area contributed by atoms with Gasteiger partial charge in [-0.1, -0.05) is 29.5 Å². The van der Waals surface area contributed by atoms with Gasteiger partial charge in [-0.05, 0) is 25.5 Å². The van der Waals surface area contributed by atoms with E-state index in [0.717, 1.165) is 16.7 Å². The highest BCUT2D eigenvalue weighted by Gasteiger charge is 2.12. The van der Waals surface area contributed by atoms with E-state index in [9.17, 15) is 9.59 Å². The molecule has 0 aliphatic rings. The fourth-order valence-electron chi connectivity index (χ4n) is 1.86. The summed E-state index contributed by atoms with van der Waals surface area (Å²) < 4.78 is 5.57. The number of thioether (sulfide) groups is 1. The van der Waals surface area contributed by atoms with Crippen molar-refractivity contribution in [3.05, 3.63) is 29.3 Å². The molecule has 1 aromatic carbocycles. The minimum Gasteiger partial charge on any atom is -0.411 e. The predicted octanol–water partition coefficient (Wildman–Crippen LogP) is 2.03. The number of amides is 3. The second-order valence-electron chi connectivity index (χ2n) is 4.70. The van der Waals surface area contributed by atoms with Crippen molar-refractivity contribution in [2.75, 3.05) is 5.75 Å². The molecule has 3 amide bonds. The van der Waals surface area contributed by atoms with Crippen LogP contribution in [0.15, 0.2) is 27.8 Å². The van der Waals surface area contributed by atoms with Gasteiger partial charge >= 0.3 is 6.03 Å². The quantitative estimate of drug-likeness (QED) is 0.815. The van der Waals surface area contributed by atoms with Crippen LogP contribution in [-0.2, 0) is 4.79 Å². The maximum absolute atomic E-state index is 11.3. The third-order valence-corrected chi connectivity index (χ3v) is 3.66. The third kappa shape index (κ3) is 4.32. The normalized spacial score (nSPS) is 10.5. The fraction of sp³-hybridized carbons (Fsp3) is 0.286. The van der Waals surface area contributed by atoms with E-state index in [2.05, 4.69) is 10.2 Å². The van der Waals surface area contributed by atoms with Crippen LogP contribution in [0, 0.1) is 13.8 Å². The Morgan fingerprint density at radius 2 is 2.09 bits per heavy atom. The second-order valence-corrected chi connectivity index (χ2v) is 5.75. The highest BCUT2D eigenvalue weighted by molar-refractivity contribution is 7.99. The average molecular weight is 320 g/mol. The van der Waals surface area contributed by atoms with Gasteiger partial charge in [0.2, 0.25) is 11.8 Å². The van der Waals surface area contributed by atoms with Gasteiger partial charge in [0.15, 0.2) is 0 Å². The van der Waals surface area contributed by atoms with E-state index in [-0.39, 0.29) is 6.42 Å². The molecular weight excluding hydrogens is 304 g/mol. The molecule has 0 saturated heterocycles. The molecule has 1 aromatic heterocycles. The summed E-state index contributed by atoms with van der Waals surface area (Å²) in [5.74, 6) is 0.420. The molecule has 7 nitrogen and oxygen atoms in total. The SMILES string of the molecule is Cc1ccc(-c2nnc(SCCC(=O)NC(N)=O)o2)c(C)c1. The minimum absolute atomic E-state index is 0.134. The number of carbonyl (C=O) groups excluding carboxylic acids is 2. The predicted molar refractivity (Wildman–Crippen MR) is 82.3 cm³/mol. The van der Waals surface area contributed by atoms with Crippen molar-refractivity contribution in [2.45, 2.75) is 25.5 Å². The summed E-state index contributed by atoms with van der Waals surface area (Å²) in [5.41, 5.74) is 7.96. The number of hydrogen-bond donors (Lipinski definition) is 2. The van der Waals surface area contributed by atoms with Crippen LogP contribution < -0.4 is 11.1 Å². The molecule has 0 atom stereocenters. The maximum atomic E-state index is 11.3.